The summed E-state index contributed by atoms with van der Waals surface area (Å²) in [6.07, 6.45) is 1.79. The fraction of sp³-hybridized carbons (Fsp3) is 1.00. The highest BCUT2D eigenvalue weighted by Crippen LogP contribution is 2.16. The van der Waals surface area contributed by atoms with Gasteiger partial charge < -0.3 is 14.7 Å². The van der Waals surface area contributed by atoms with Crippen molar-refractivity contribution in [2.24, 2.45) is 0 Å². The van der Waals surface area contributed by atoms with E-state index in [1.807, 2.05) is 0 Å². The normalized spacial score (nSPS) is 36.4. The second-order valence-electron chi connectivity index (χ2n) is 4.69. The van der Waals surface area contributed by atoms with Crippen molar-refractivity contribution >= 4 is 0 Å². The molecule has 0 spiro atoms. The van der Waals surface area contributed by atoms with Gasteiger partial charge in [0.2, 0.25) is 0 Å². The molecule has 0 amide bonds. The van der Waals surface area contributed by atoms with Crippen LogP contribution in [-0.4, -0.2) is 73.5 Å². The van der Waals surface area contributed by atoms with E-state index in [1.165, 1.54) is 13.0 Å². The smallest absolute Gasteiger partial charge is 0.0739 e. The monoisotopic (exact) mass is 214 g/mol. The van der Waals surface area contributed by atoms with Crippen molar-refractivity contribution < 1.29 is 9.84 Å². The molecule has 2 fully saturated rings. The number of hydrogen-bond donors (Lipinski definition) is 1. The second-order valence-corrected chi connectivity index (χ2v) is 4.69. The van der Waals surface area contributed by atoms with E-state index in [2.05, 4.69) is 16.8 Å². The minimum Gasteiger partial charge on any atom is -0.391 e. The molecule has 4 nitrogen and oxygen atoms in total. The van der Waals surface area contributed by atoms with E-state index in [-0.39, 0.29) is 12.1 Å². The molecule has 0 saturated carbocycles. The number of nitrogens with zero attached hydrogens (tertiary/aromatic N) is 2. The maximum atomic E-state index is 9.94. The predicted octanol–water partition coefficient (Wildman–Crippen LogP) is -0.226. The van der Waals surface area contributed by atoms with E-state index in [0.717, 1.165) is 26.1 Å². The van der Waals surface area contributed by atoms with Gasteiger partial charge in [0.15, 0.2) is 0 Å². The van der Waals surface area contributed by atoms with E-state index >= 15 is 0 Å². The molecule has 0 radical (unpaired) electrons. The lowest BCUT2D eigenvalue weighted by molar-refractivity contribution is -0.0600. The topological polar surface area (TPSA) is 35.9 Å². The van der Waals surface area contributed by atoms with Crippen LogP contribution in [0.3, 0.4) is 0 Å². The van der Waals surface area contributed by atoms with E-state index in [0.29, 0.717) is 13.2 Å². The van der Waals surface area contributed by atoms with E-state index in [9.17, 15) is 5.11 Å². The van der Waals surface area contributed by atoms with Gasteiger partial charge in [0.25, 0.3) is 0 Å². The zero-order valence-electron chi connectivity index (χ0n) is 9.56. The molecule has 0 bridgehead atoms. The van der Waals surface area contributed by atoms with Crippen LogP contribution in [0.1, 0.15) is 12.8 Å². The Morgan fingerprint density at radius 1 is 1.20 bits per heavy atom. The van der Waals surface area contributed by atoms with Crippen molar-refractivity contribution in [3.63, 3.8) is 0 Å². The lowest BCUT2D eigenvalue weighted by Gasteiger charge is -2.36. The van der Waals surface area contributed by atoms with Gasteiger partial charge in [0.05, 0.1) is 18.8 Å². The third-order valence-corrected chi connectivity index (χ3v) is 3.51. The summed E-state index contributed by atoms with van der Waals surface area (Å²) in [5.74, 6) is 0. The van der Waals surface area contributed by atoms with E-state index in [4.69, 9.17) is 4.74 Å². The van der Waals surface area contributed by atoms with Gasteiger partial charge in [-0.05, 0) is 33.0 Å². The Labute approximate surface area is 91.8 Å². The Balaban J connectivity index is 1.90. The standard InChI is InChI=1S/C11H22N2O2/c1-12-4-2-5-13(7-6-12)10-9-15-8-3-11(10)14/h10-11,14H,2-9H2,1H3. The van der Waals surface area contributed by atoms with Crippen LogP contribution in [0.2, 0.25) is 0 Å². The van der Waals surface area contributed by atoms with Crippen LogP contribution in [0.15, 0.2) is 0 Å². The van der Waals surface area contributed by atoms with Crippen molar-refractivity contribution in [3.8, 4) is 0 Å². The van der Waals surface area contributed by atoms with Crippen LogP contribution in [-0.2, 0) is 4.74 Å². The summed E-state index contributed by atoms with van der Waals surface area (Å²) in [6.45, 7) is 5.83. The summed E-state index contributed by atoms with van der Waals surface area (Å²) in [6, 6.07) is 0.227. The zero-order valence-corrected chi connectivity index (χ0v) is 9.56. The predicted molar refractivity (Wildman–Crippen MR) is 58.9 cm³/mol. The second kappa shape index (κ2) is 5.25. The molecule has 0 aromatic carbocycles. The van der Waals surface area contributed by atoms with Crippen LogP contribution in [0.25, 0.3) is 0 Å². The molecule has 0 aromatic heterocycles. The fourth-order valence-corrected chi connectivity index (χ4v) is 2.46. The molecule has 88 valence electrons. The number of aliphatic hydroxyl groups excluding tert-OH is 1. The molecule has 2 atom stereocenters. The minimum atomic E-state index is -0.192. The third kappa shape index (κ3) is 2.91. The number of likely N-dealkylation sites (N-methyl/N-ethyl adjacent to an activating group) is 1. The molecule has 2 unspecified atom stereocenters. The van der Waals surface area contributed by atoms with Crippen molar-refractivity contribution in [2.45, 2.75) is 25.0 Å². The SMILES string of the molecule is CN1CCCN(C2COCCC2O)CC1. The third-order valence-electron chi connectivity index (χ3n) is 3.51. The molecule has 1 N–H and O–H groups in total. The Kier molecular flexibility index (Phi) is 3.97. The summed E-state index contributed by atoms with van der Waals surface area (Å²) in [4.78, 5) is 4.75. The number of ether oxygens (including phenoxy) is 1. The number of hydrogen-bond acceptors (Lipinski definition) is 4. The molecular weight excluding hydrogens is 192 g/mol. The van der Waals surface area contributed by atoms with Crippen LogP contribution < -0.4 is 0 Å². The first-order chi connectivity index (χ1) is 7.27. The fourth-order valence-electron chi connectivity index (χ4n) is 2.46. The molecule has 2 heterocycles. The first kappa shape index (κ1) is 11.3. The lowest BCUT2D eigenvalue weighted by atomic mass is 10.0. The van der Waals surface area contributed by atoms with E-state index < -0.39 is 0 Å². The highest BCUT2D eigenvalue weighted by atomic mass is 16.5. The van der Waals surface area contributed by atoms with Gasteiger partial charge >= 0.3 is 0 Å². The molecule has 15 heavy (non-hydrogen) atoms. The van der Waals surface area contributed by atoms with Gasteiger partial charge in [-0.1, -0.05) is 0 Å². The van der Waals surface area contributed by atoms with Crippen molar-refractivity contribution in [3.05, 3.63) is 0 Å². The average Bonchev–Trinajstić information content (AvgIpc) is 2.44. The molecule has 2 aliphatic heterocycles. The van der Waals surface area contributed by atoms with Gasteiger partial charge in [0, 0.05) is 19.7 Å². The van der Waals surface area contributed by atoms with Crippen LogP contribution in [0.4, 0.5) is 0 Å². The lowest BCUT2D eigenvalue weighted by Crippen LogP contribution is -2.50. The zero-order chi connectivity index (χ0) is 10.7. The Bertz CT molecular complexity index is 201. The molecule has 0 aromatic rings. The molecule has 2 aliphatic rings. The summed E-state index contributed by atoms with van der Waals surface area (Å²) in [5, 5.41) is 9.94. The van der Waals surface area contributed by atoms with Crippen LogP contribution in [0.5, 0.6) is 0 Å². The Morgan fingerprint density at radius 2 is 2.07 bits per heavy atom. The first-order valence-corrected chi connectivity index (χ1v) is 5.96. The number of aliphatic hydroxyl groups is 1. The van der Waals surface area contributed by atoms with Crippen molar-refractivity contribution in [2.75, 3.05) is 46.4 Å². The summed E-state index contributed by atoms with van der Waals surface area (Å²) < 4.78 is 5.46. The summed E-state index contributed by atoms with van der Waals surface area (Å²) in [7, 11) is 2.16. The van der Waals surface area contributed by atoms with Gasteiger partial charge in [-0.25, -0.2) is 0 Å². The maximum absolute atomic E-state index is 9.94. The highest BCUT2D eigenvalue weighted by molar-refractivity contribution is 4.83. The van der Waals surface area contributed by atoms with Crippen molar-refractivity contribution in [1.82, 2.24) is 9.80 Å². The molecule has 2 saturated heterocycles. The highest BCUT2D eigenvalue weighted by Gasteiger charge is 2.29. The molecule has 2 rings (SSSR count). The van der Waals surface area contributed by atoms with Crippen molar-refractivity contribution in [1.29, 1.82) is 0 Å². The quantitative estimate of drug-likeness (QED) is 0.654. The minimum absolute atomic E-state index is 0.192. The van der Waals surface area contributed by atoms with Crippen LogP contribution in [0, 0.1) is 0 Å². The summed E-state index contributed by atoms with van der Waals surface area (Å²) >= 11 is 0. The molecule has 4 heteroatoms. The number of rotatable bonds is 1. The van der Waals surface area contributed by atoms with Crippen LogP contribution >= 0.6 is 0 Å². The molecule has 0 aliphatic carbocycles. The molecular formula is C11H22N2O2. The Morgan fingerprint density at radius 3 is 2.87 bits per heavy atom. The Hall–Kier alpha value is -0.160. The maximum Gasteiger partial charge on any atom is 0.0739 e. The van der Waals surface area contributed by atoms with Gasteiger partial charge in [-0.15, -0.1) is 0 Å². The van der Waals surface area contributed by atoms with E-state index in [1.54, 1.807) is 0 Å². The van der Waals surface area contributed by atoms with Gasteiger partial charge in [-0.3, -0.25) is 4.90 Å². The first-order valence-electron chi connectivity index (χ1n) is 5.96. The van der Waals surface area contributed by atoms with Gasteiger partial charge in [-0.2, -0.15) is 0 Å². The average molecular weight is 214 g/mol. The summed E-state index contributed by atoms with van der Waals surface area (Å²) in [5.41, 5.74) is 0. The van der Waals surface area contributed by atoms with Gasteiger partial charge in [0.1, 0.15) is 0 Å². The largest absolute Gasteiger partial charge is 0.391 e.